The highest BCUT2D eigenvalue weighted by atomic mass is 16.6. The first-order chi connectivity index (χ1) is 12.1. The third-order valence-electron chi connectivity index (χ3n) is 4.91. The summed E-state index contributed by atoms with van der Waals surface area (Å²) in [6.07, 6.45) is 8.32. The van der Waals surface area contributed by atoms with Crippen LogP contribution in [0.5, 0.6) is 0 Å². The predicted octanol–water partition coefficient (Wildman–Crippen LogP) is 4.50. The van der Waals surface area contributed by atoms with Gasteiger partial charge >= 0.3 is 5.97 Å². The smallest absolute Gasteiger partial charge is 0.363 e. The predicted molar refractivity (Wildman–Crippen MR) is 95.0 cm³/mol. The van der Waals surface area contributed by atoms with E-state index < -0.39 is 10.9 Å². The van der Waals surface area contributed by atoms with Crippen LogP contribution in [0, 0.1) is 22.0 Å². The summed E-state index contributed by atoms with van der Waals surface area (Å²) >= 11 is 0. The van der Waals surface area contributed by atoms with Gasteiger partial charge in [-0.2, -0.15) is 0 Å². The van der Waals surface area contributed by atoms with E-state index in [-0.39, 0.29) is 17.3 Å². The standard InChI is InChI=1S/C19H22N2O4/c1-2-4-13-7-9-15(10-8-13)18-20-17(19(22)25-18)12-14-5-3-6-16(11-14)21(23)24/h3,5-6,11-13,15H,2,4,7-10H2,1H3. The number of aliphatic imine (C=N–C) groups is 1. The minimum Gasteiger partial charge on any atom is -0.406 e. The molecule has 1 aromatic rings. The van der Waals surface area contributed by atoms with Crippen molar-refractivity contribution in [3.05, 3.63) is 45.6 Å². The summed E-state index contributed by atoms with van der Waals surface area (Å²) in [4.78, 5) is 26.8. The molecule has 1 aliphatic heterocycles. The van der Waals surface area contributed by atoms with Crippen molar-refractivity contribution in [2.45, 2.75) is 45.4 Å². The van der Waals surface area contributed by atoms with E-state index in [0.29, 0.717) is 11.5 Å². The number of nitro groups is 1. The largest absolute Gasteiger partial charge is 0.406 e. The second-order valence-corrected chi connectivity index (χ2v) is 6.73. The molecular weight excluding hydrogens is 320 g/mol. The fourth-order valence-electron chi connectivity index (χ4n) is 3.59. The van der Waals surface area contributed by atoms with Crippen molar-refractivity contribution in [1.29, 1.82) is 0 Å². The van der Waals surface area contributed by atoms with Gasteiger partial charge in [0.05, 0.1) is 4.92 Å². The lowest BCUT2D eigenvalue weighted by Crippen LogP contribution is -2.22. The Balaban J connectivity index is 1.72. The molecule has 1 heterocycles. The van der Waals surface area contributed by atoms with Gasteiger partial charge in [-0.15, -0.1) is 0 Å². The van der Waals surface area contributed by atoms with Crippen LogP contribution in [0.15, 0.2) is 35.0 Å². The highest BCUT2D eigenvalue weighted by Crippen LogP contribution is 2.34. The first kappa shape index (κ1) is 17.3. The minimum atomic E-state index is -0.475. The third-order valence-corrected chi connectivity index (χ3v) is 4.91. The maximum absolute atomic E-state index is 12.1. The number of benzene rings is 1. The number of rotatable bonds is 5. The number of hydrogen-bond donors (Lipinski definition) is 0. The summed E-state index contributed by atoms with van der Waals surface area (Å²) in [6.45, 7) is 2.21. The Morgan fingerprint density at radius 2 is 2.08 bits per heavy atom. The summed E-state index contributed by atoms with van der Waals surface area (Å²) in [5.41, 5.74) is 0.767. The van der Waals surface area contributed by atoms with Gasteiger partial charge < -0.3 is 4.74 Å². The van der Waals surface area contributed by atoms with E-state index in [2.05, 4.69) is 11.9 Å². The van der Waals surface area contributed by atoms with Crippen LogP contribution in [0.3, 0.4) is 0 Å². The minimum absolute atomic E-state index is 0.0147. The van der Waals surface area contributed by atoms with Crippen LogP contribution in [0.25, 0.3) is 6.08 Å². The Labute approximate surface area is 146 Å². The molecule has 0 N–H and O–H groups in total. The highest BCUT2D eigenvalue weighted by molar-refractivity contribution is 6.07. The number of nitrogens with zero attached hydrogens (tertiary/aromatic N) is 2. The molecule has 0 aromatic heterocycles. The summed E-state index contributed by atoms with van der Waals surface area (Å²) in [6, 6.07) is 6.13. The Bertz CT molecular complexity index is 731. The lowest BCUT2D eigenvalue weighted by Gasteiger charge is -2.27. The molecule has 0 saturated heterocycles. The van der Waals surface area contributed by atoms with Crippen LogP contribution in [-0.2, 0) is 9.53 Å². The van der Waals surface area contributed by atoms with Crippen molar-refractivity contribution in [2.24, 2.45) is 16.8 Å². The Morgan fingerprint density at radius 1 is 1.32 bits per heavy atom. The van der Waals surface area contributed by atoms with Crippen LogP contribution in [0.4, 0.5) is 5.69 Å². The number of carbonyl (C=O) groups is 1. The summed E-state index contributed by atoms with van der Waals surface area (Å²) in [5.74, 6) is 1.01. The van der Waals surface area contributed by atoms with E-state index in [1.807, 2.05) is 0 Å². The molecule has 0 atom stereocenters. The Morgan fingerprint density at radius 3 is 2.76 bits per heavy atom. The monoisotopic (exact) mass is 342 g/mol. The van der Waals surface area contributed by atoms with E-state index in [9.17, 15) is 14.9 Å². The van der Waals surface area contributed by atoms with Crippen molar-refractivity contribution in [3.8, 4) is 0 Å². The Hall–Kier alpha value is -2.50. The zero-order valence-corrected chi connectivity index (χ0v) is 14.3. The lowest BCUT2D eigenvalue weighted by molar-refractivity contribution is -0.384. The van der Waals surface area contributed by atoms with Gasteiger partial charge in [0.15, 0.2) is 5.70 Å². The van der Waals surface area contributed by atoms with Crippen molar-refractivity contribution in [2.75, 3.05) is 0 Å². The van der Waals surface area contributed by atoms with Gasteiger partial charge in [-0.25, -0.2) is 9.79 Å². The van der Waals surface area contributed by atoms with Gasteiger partial charge in [-0.05, 0) is 43.2 Å². The molecule has 1 aliphatic carbocycles. The summed E-state index contributed by atoms with van der Waals surface area (Å²) < 4.78 is 5.37. The molecular formula is C19H22N2O4. The molecule has 0 unspecified atom stereocenters. The number of non-ortho nitro benzene ring substituents is 1. The molecule has 1 aromatic carbocycles. The van der Waals surface area contributed by atoms with Gasteiger partial charge in [-0.3, -0.25) is 10.1 Å². The Kier molecular flexibility index (Phi) is 5.26. The van der Waals surface area contributed by atoms with Crippen molar-refractivity contribution in [1.82, 2.24) is 0 Å². The molecule has 0 amide bonds. The van der Waals surface area contributed by atoms with Gasteiger partial charge in [0.2, 0.25) is 5.90 Å². The molecule has 1 fully saturated rings. The van der Waals surface area contributed by atoms with E-state index >= 15 is 0 Å². The first-order valence-corrected chi connectivity index (χ1v) is 8.83. The molecule has 1 saturated carbocycles. The second-order valence-electron chi connectivity index (χ2n) is 6.73. The molecule has 0 radical (unpaired) electrons. The quantitative estimate of drug-likeness (QED) is 0.341. The van der Waals surface area contributed by atoms with E-state index in [0.717, 1.165) is 31.6 Å². The molecule has 6 heteroatoms. The number of hydrogen-bond acceptors (Lipinski definition) is 5. The van der Waals surface area contributed by atoms with Crippen LogP contribution >= 0.6 is 0 Å². The SMILES string of the molecule is CCCC1CCC(C2=NC(=Cc3cccc([N+](=O)[O-])c3)C(=O)O2)CC1. The van der Waals surface area contributed by atoms with Gasteiger partial charge in [0, 0.05) is 18.1 Å². The maximum atomic E-state index is 12.1. The zero-order chi connectivity index (χ0) is 17.8. The molecule has 132 valence electrons. The van der Waals surface area contributed by atoms with Crippen LogP contribution in [0.1, 0.15) is 51.0 Å². The highest BCUT2D eigenvalue weighted by Gasteiger charge is 2.32. The van der Waals surface area contributed by atoms with E-state index in [1.165, 1.54) is 25.0 Å². The average Bonchev–Trinajstić information content (AvgIpc) is 2.97. The number of carbonyl (C=O) groups excluding carboxylic acids is 1. The zero-order valence-electron chi connectivity index (χ0n) is 14.3. The lowest BCUT2D eigenvalue weighted by atomic mass is 9.80. The van der Waals surface area contributed by atoms with Gasteiger partial charge in [0.25, 0.3) is 5.69 Å². The number of ether oxygens (including phenoxy) is 1. The van der Waals surface area contributed by atoms with Gasteiger partial charge in [-0.1, -0.05) is 31.9 Å². The fraction of sp³-hybridized carbons (Fsp3) is 0.474. The molecule has 0 spiro atoms. The van der Waals surface area contributed by atoms with Gasteiger partial charge in [0.1, 0.15) is 0 Å². The van der Waals surface area contributed by atoms with Crippen LogP contribution < -0.4 is 0 Å². The summed E-state index contributed by atoms with van der Waals surface area (Å²) in [7, 11) is 0. The topological polar surface area (TPSA) is 81.8 Å². The molecule has 2 aliphatic rings. The number of esters is 1. The number of nitro benzene ring substituents is 1. The molecule has 25 heavy (non-hydrogen) atoms. The maximum Gasteiger partial charge on any atom is 0.363 e. The first-order valence-electron chi connectivity index (χ1n) is 8.83. The normalized spacial score (nSPS) is 24.9. The average molecular weight is 342 g/mol. The van der Waals surface area contributed by atoms with Crippen molar-refractivity contribution >= 4 is 23.6 Å². The molecule has 0 bridgehead atoms. The fourth-order valence-corrected chi connectivity index (χ4v) is 3.59. The third kappa shape index (κ3) is 4.13. The van der Waals surface area contributed by atoms with Crippen molar-refractivity contribution in [3.63, 3.8) is 0 Å². The van der Waals surface area contributed by atoms with Crippen molar-refractivity contribution < 1.29 is 14.5 Å². The van der Waals surface area contributed by atoms with E-state index in [1.54, 1.807) is 18.2 Å². The van der Waals surface area contributed by atoms with Crippen LogP contribution in [0.2, 0.25) is 0 Å². The second kappa shape index (κ2) is 7.59. The number of cyclic esters (lactones) is 1. The summed E-state index contributed by atoms with van der Waals surface area (Å²) in [5, 5.41) is 10.9. The molecule has 6 nitrogen and oxygen atoms in total. The van der Waals surface area contributed by atoms with Crippen LogP contribution in [-0.4, -0.2) is 16.8 Å². The van der Waals surface area contributed by atoms with E-state index in [4.69, 9.17) is 4.74 Å². The molecule has 3 rings (SSSR count).